The minimum absolute atomic E-state index is 0.0304. The molecule has 0 aliphatic carbocycles. The van der Waals surface area contributed by atoms with Crippen LogP contribution in [-0.2, 0) is 11.2 Å². The third-order valence-corrected chi connectivity index (χ3v) is 6.83. The van der Waals surface area contributed by atoms with Gasteiger partial charge in [0.2, 0.25) is 17.6 Å². The molecule has 1 N–H and O–H groups in total. The van der Waals surface area contributed by atoms with Gasteiger partial charge in [0, 0.05) is 56.8 Å². The first-order valence-electron chi connectivity index (χ1n) is 13.2. The molecule has 4 rings (SSSR count). The van der Waals surface area contributed by atoms with E-state index in [0.29, 0.717) is 37.0 Å². The molecule has 0 bridgehead atoms. The van der Waals surface area contributed by atoms with Crippen LogP contribution in [-0.4, -0.2) is 60.2 Å². The average molecular weight is 490 g/mol. The molecule has 2 heterocycles. The summed E-state index contributed by atoms with van der Waals surface area (Å²) in [5.74, 6) is 1.58. The SMILES string of the molecule is Cc1cccc(N2CCN(CCCCNC(=O)CCc3nc(-c4ccc(C(C)C)cc4)no3)CC2)c1. The van der Waals surface area contributed by atoms with Crippen LogP contribution in [0.1, 0.15) is 56.0 Å². The number of nitrogens with one attached hydrogen (secondary N) is 1. The predicted molar refractivity (Wildman–Crippen MR) is 144 cm³/mol. The monoisotopic (exact) mass is 489 g/mol. The molecule has 1 aliphatic rings. The van der Waals surface area contributed by atoms with Crippen molar-refractivity contribution in [1.29, 1.82) is 0 Å². The van der Waals surface area contributed by atoms with Crippen LogP contribution in [0.5, 0.6) is 0 Å². The van der Waals surface area contributed by atoms with Gasteiger partial charge in [-0.2, -0.15) is 4.98 Å². The Morgan fingerprint density at radius 3 is 2.56 bits per heavy atom. The number of anilines is 1. The van der Waals surface area contributed by atoms with Gasteiger partial charge in [0.25, 0.3) is 0 Å². The Morgan fingerprint density at radius 2 is 1.83 bits per heavy atom. The maximum absolute atomic E-state index is 12.2. The summed E-state index contributed by atoms with van der Waals surface area (Å²) in [6.45, 7) is 12.6. The summed E-state index contributed by atoms with van der Waals surface area (Å²) >= 11 is 0. The van der Waals surface area contributed by atoms with Gasteiger partial charge in [-0.05, 0) is 55.5 Å². The van der Waals surface area contributed by atoms with E-state index in [0.717, 1.165) is 51.1 Å². The number of hydrogen-bond acceptors (Lipinski definition) is 6. The fourth-order valence-electron chi connectivity index (χ4n) is 4.54. The molecular formula is C29H39N5O2. The van der Waals surface area contributed by atoms with Gasteiger partial charge in [-0.15, -0.1) is 0 Å². The number of carbonyl (C=O) groups excluding carboxylic acids is 1. The van der Waals surface area contributed by atoms with Gasteiger partial charge >= 0.3 is 0 Å². The van der Waals surface area contributed by atoms with E-state index in [4.69, 9.17) is 4.52 Å². The van der Waals surface area contributed by atoms with Gasteiger partial charge in [-0.1, -0.05) is 55.4 Å². The number of unbranched alkanes of at least 4 members (excludes halogenated alkanes) is 1. The molecule has 1 amide bonds. The molecule has 7 heteroatoms. The van der Waals surface area contributed by atoms with Crippen molar-refractivity contribution < 1.29 is 9.32 Å². The maximum atomic E-state index is 12.2. The molecular weight excluding hydrogens is 450 g/mol. The first-order chi connectivity index (χ1) is 17.5. The number of piperazine rings is 1. The number of hydrogen-bond donors (Lipinski definition) is 1. The Kier molecular flexibility index (Phi) is 9.11. The molecule has 7 nitrogen and oxygen atoms in total. The molecule has 0 atom stereocenters. The van der Waals surface area contributed by atoms with Crippen LogP contribution in [0.25, 0.3) is 11.4 Å². The van der Waals surface area contributed by atoms with Crippen LogP contribution in [0.15, 0.2) is 53.1 Å². The van der Waals surface area contributed by atoms with Crippen molar-refractivity contribution in [3.05, 3.63) is 65.5 Å². The van der Waals surface area contributed by atoms with Gasteiger partial charge in [-0.25, -0.2) is 0 Å². The largest absolute Gasteiger partial charge is 0.369 e. The van der Waals surface area contributed by atoms with Crippen LogP contribution < -0.4 is 10.2 Å². The lowest BCUT2D eigenvalue weighted by Gasteiger charge is -2.36. The number of aromatic nitrogens is 2. The number of aryl methyl sites for hydroxylation is 2. The number of carbonyl (C=O) groups is 1. The Labute approximate surface area is 214 Å². The summed E-state index contributed by atoms with van der Waals surface area (Å²) in [5.41, 5.74) is 4.84. The van der Waals surface area contributed by atoms with E-state index in [1.54, 1.807) is 0 Å². The van der Waals surface area contributed by atoms with Crippen molar-refractivity contribution in [2.24, 2.45) is 0 Å². The summed E-state index contributed by atoms with van der Waals surface area (Å²) < 4.78 is 5.35. The second-order valence-electron chi connectivity index (χ2n) is 10.0. The van der Waals surface area contributed by atoms with Crippen LogP contribution in [0.3, 0.4) is 0 Å². The Morgan fingerprint density at radius 1 is 1.06 bits per heavy atom. The first kappa shape index (κ1) is 25.9. The van der Waals surface area contributed by atoms with Crippen molar-refractivity contribution in [1.82, 2.24) is 20.4 Å². The van der Waals surface area contributed by atoms with Crippen molar-refractivity contribution >= 4 is 11.6 Å². The van der Waals surface area contributed by atoms with E-state index < -0.39 is 0 Å². The second kappa shape index (κ2) is 12.7. The zero-order valence-corrected chi connectivity index (χ0v) is 21.9. The third-order valence-electron chi connectivity index (χ3n) is 6.83. The topological polar surface area (TPSA) is 74.5 Å². The van der Waals surface area contributed by atoms with Gasteiger partial charge in [-0.3, -0.25) is 9.69 Å². The summed E-state index contributed by atoms with van der Waals surface area (Å²) in [6, 6.07) is 17.0. The third kappa shape index (κ3) is 7.40. The summed E-state index contributed by atoms with van der Waals surface area (Å²) in [6.07, 6.45) is 2.89. The lowest BCUT2D eigenvalue weighted by atomic mass is 10.0. The molecule has 192 valence electrons. The van der Waals surface area contributed by atoms with Crippen LogP contribution in [0.4, 0.5) is 5.69 Å². The number of amides is 1. The van der Waals surface area contributed by atoms with E-state index in [-0.39, 0.29) is 5.91 Å². The fourth-order valence-corrected chi connectivity index (χ4v) is 4.54. The molecule has 3 aromatic rings. The van der Waals surface area contributed by atoms with Crippen molar-refractivity contribution in [3.8, 4) is 11.4 Å². The van der Waals surface area contributed by atoms with Gasteiger partial charge in [0.05, 0.1) is 0 Å². The van der Waals surface area contributed by atoms with E-state index in [9.17, 15) is 4.79 Å². The molecule has 36 heavy (non-hydrogen) atoms. The van der Waals surface area contributed by atoms with Crippen LogP contribution in [0.2, 0.25) is 0 Å². The first-order valence-corrected chi connectivity index (χ1v) is 13.2. The normalized spacial score (nSPS) is 14.4. The minimum atomic E-state index is 0.0304. The lowest BCUT2D eigenvalue weighted by molar-refractivity contribution is -0.121. The van der Waals surface area contributed by atoms with Crippen molar-refractivity contribution in [3.63, 3.8) is 0 Å². The van der Waals surface area contributed by atoms with E-state index in [2.05, 4.69) is 82.4 Å². The highest BCUT2D eigenvalue weighted by atomic mass is 16.5. The van der Waals surface area contributed by atoms with Crippen LogP contribution >= 0.6 is 0 Å². The number of benzene rings is 2. The van der Waals surface area contributed by atoms with Crippen molar-refractivity contribution in [2.45, 2.75) is 52.4 Å². The molecule has 0 unspecified atom stereocenters. The lowest BCUT2D eigenvalue weighted by Crippen LogP contribution is -2.46. The minimum Gasteiger partial charge on any atom is -0.369 e. The van der Waals surface area contributed by atoms with E-state index in [1.165, 1.54) is 16.8 Å². The smallest absolute Gasteiger partial charge is 0.227 e. The fraction of sp³-hybridized carbons (Fsp3) is 0.483. The molecule has 0 saturated carbocycles. The zero-order chi connectivity index (χ0) is 25.3. The molecule has 2 aromatic carbocycles. The Hall–Kier alpha value is -3.19. The predicted octanol–water partition coefficient (Wildman–Crippen LogP) is 4.82. The molecule has 1 aliphatic heterocycles. The summed E-state index contributed by atoms with van der Waals surface area (Å²) in [7, 11) is 0. The maximum Gasteiger partial charge on any atom is 0.227 e. The molecule has 1 saturated heterocycles. The van der Waals surface area contributed by atoms with Gasteiger partial charge in [0.1, 0.15) is 0 Å². The zero-order valence-electron chi connectivity index (χ0n) is 21.9. The summed E-state index contributed by atoms with van der Waals surface area (Å²) in [4.78, 5) is 21.7. The Balaban J connectivity index is 1.08. The Bertz CT molecular complexity index is 1100. The highest BCUT2D eigenvalue weighted by molar-refractivity contribution is 5.76. The molecule has 1 aromatic heterocycles. The number of rotatable bonds is 11. The van der Waals surface area contributed by atoms with Gasteiger partial charge < -0.3 is 14.7 Å². The second-order valence-corrected chi connectivity index (χ2v) is 10.0. The van der Waals surface area contributed by atoms with Crippen molar-refractivity contribution in [2.75, 3.05) is 44.2 Å². The standard InChI is InChI=1S/C29H39N5O2/c1-22(2)24-9-11-25(12-10-24)29-31-28(36-32-29)14-13-27(35)30-15-4-5-16-33-17-19-34(20-18-33)26-8-6-7-23(3)21-26/h6-12,21-22H,4-5,13-20H2,1-3H3,(H,30,35). The van der Waals surface area contributed by atoms with E-state index in [1.807, 2.05) is 12.1 Å². The number of nitrogens with zero attached hydrogens (tertiary/aromatic N) is 4. The van der Waals surface area contributed by atoms with Crippen LogP contribution in [0, 0.1) is 6.92 Å². The van der Waals surface area contributed by atoms with Gasteiger partial charge in [0.15, 0.2) is 0 Å². The molecule has 0 spiro atoms. The van der Waals surface area contributed by atoms with E-state index >= 15 is 0 Å². The summed E-state index contributed by atoms with van der Waals surface area (Å²) in [5, 5.41) is 7.09. The highest BCUT2D eigenvalue weighted by Gasteiger charge is 2.17. The average Bonchev–Trinajstić information content (AvgIpc) is 3.37. The highest BCUT2D eigenvalue weighted by Crippen LogP contribution is 2.21. The molecule has 1 fully saturated rings. The molecule has 0 radical (unpaired) electrons. The quantitative estimate of drug-likeness (QED) is 0.389.